The smallest absolute Gasteiger partial charge is 0.0726 e. The summed E-state index contributed by atoms with van der Waals surface area (Å²) in [6, 6.07) is 157. The summed E-state index contributed by atoms with van der Waals surface area (Å²) in [5.41, 5.74) is 48.0. The SMILES string of the molecule is CC1(C)c2ccccc2-c2ccc(N(c3cc(-c4ccccc4)cc(-c4ccc(-c5cccc6c5-c5ccccc5C65c6ccccc6-c6c(N(c7ccc(-c8cccc(-c9ccccc9)c8)cc7)c7ccc8c(c7)C(C)(C)c7ccccc7-8)cccc65)cc4)c3)c3cccc4c3-c3ccccc3C43c4ccccc4-c4ccccc43)cc21. The van der Waals surface area contributed by atoms with E-state index < -0.39 is 10.8 Å². The van der Waals surface area contributed by atoms with Crippen molar-refractivity contribution >= 4 is 34.1 Å². The predicted octanol–water partition coefficient (Wildman–Crippen LogP) is 30.3. The van der Waals surface area contributed by atoms with Crippen LogP contribution in [0.5, 0.6) is 0 Å². The molecular formula is C116H80N2. The van der Waals surface area contributed by atoms with Crippen molar-refractivity contribution in [2.45, 2.75) is 49.4 Å². The third kappa shape index (κ3) is 9.51. The summed E-state index contributed by atoms with van der Waals surface area (Å²) in [6.45, 7) is 9.59. The minimum atomic E-state index is -0.642. The number of benzene rings is 18. The maximum Gasteiger partial charge on any atom is 0.0726 e. The van der Waals surface area contributed by atoms with Crippen LogP contribution in [0, 0.1) is 0 Å². The predicted molar refractivity (Wildman–Crippen MR) is 491 cm³/mol. The van der Waals surface area contributed by atoms with Crippen LogP contribution in [0.2, 0.25) is 0 Å². The first-order valence-electron chi connectivity index (χ1n) is 41.6. The molecule has 0 saturated carbocycles. The van der Waals surface area contributed by atoms with Gasteiger partial charge in [0.15, 0.2) is 0 Å². The van der Waals surface area contributed by atoms with Crippen LogP contribution in [-0.4, -0.2) is 0 Å². The Kier molecular flexibility index (Phi) is 14.7. The minimum Gasteiger partial charge on any atom is -0.310 e. The van der Waals surface area contributed by atoms with Crippen LogP contribution in [-0.2, 0) is 21.7 Å². The van der Waals surface area contributed by atoms with Crippen LogP contribution in [0.25, 0.3) is 122 Å². The highest BCUT2D eigenvalue weighted by Crippen LogP contribution is 2.68. The van der Waals surface area contributed by atoms with Gasteiger partial charge in [-0.2, -0.15) is 0 Å². The molecule has 0 heterocycles. The molecule has 1 unspecified atom stereocenters. The highest BCUT2D eigenvalue weighted by Gasteiger charge is 2.55. The Morgan fingerprint density at radius 3 is 0.907 bits per heavy atom. The van der Waals surface area contributed by atoms with Gasteiger partial charge in [-0.3, -0.25) is 0 Å². The van der Waals surface area contributed by atoms with E-state index >= 15 is 0 Å². The lowest BCUT2D eigenvalue weighted by atomic mass is 9.70. The van der Waals surface area contributed by atoms with Crippen LogP contribution in [0.1, 0.15) is 94.5 Å². The molecule has 6 aliphatic rings. The average Bonchev–Trinajstić information content (AvgIpc) is 1.51. The highest BCUT2D eigenvalue weighted by atomic mass is 15.2. The number of nitrogens with zero attached hydrogens (tertiary/aromatic N) is 2. The first-order chi connectivity index (χ1) is 58.0. The summed E-state index contributed by atoms with van der Waals surface area (Å²) < 4.78 is 0. The fraction of sp³-hybridized carbons (Fsp3) is 0.0690. The number of fused-ring (bicyclic) bond motifs is 26. The topological polar surface area (TPSA) is 6.48 Å². The molecule has 6 aliphatic carbocycles. The van der Waals surface area contributed by atoms with Crippen LogP contribution >= 0.6 is 0 Å². The molecule has 2 nitrogen and oxygen atoms in total. The number of hydrogen-bond donors (Lipinski definition) is 0. The zero-order valence-electron chi connectivity index (χ0n) is 66.2. The second-order valence-electron chi connectivity index (χ2n) is 34.0. The maximum absolute atomic E-state index is 2.60. The molecule has 0 aromatic heterocycles. The fourth-order valence-electron chi connectivity index (χ4n) is 22.3. The molecule has 24 rings (SSSR count). The Bertz CT molecular complexity index is 7190. The van der Waals surface area contributed by atoms with E-state index in [0.29, 0.717) is 0 Å². The molecular weight excluding hydrogens is 1420 g/mol. The molecule has 0 fully saturated rings. The molecule has 118 heavy (non-hydrogen) atoms. The van der Waals surface area contributed by atoms with Crippen molar-refractivity contribution in [3.8, 4) is 122 Å². The van der Waals surface area contributed by atoms with Crippen molar-refractivity contribution < 1.29 is 0 Å². The van der Waals surface area contributed by atoms with E-state index in [-0.39, 0.29) is 10.8 Å². The van der Waals surface area contributed by atoms with Crippen LogP contribution in [0.4, 0.5) is 34.1 Å². The van der Waals surface area contributed by atoms with E-state index in [4.69, 9.17) is 0 Å². The molecule has 2 heteroatoms. The summed E-state index contributed by atoms with van der Waals surface area (Å²) in [5.74, 6) is 0. The van der Waals surface area contributed by atoms with Crippen LogP contribution < -0.4 is 9.80 Å². The van der Waals surface area contributed by atoms with Gasteiger partial charge in [0.25, 0.3) is 0 Å². The molecule has 1 atom stereocenters. The first kappa shape index (κ1) is 68.0. The third-order valence-electron chi connectivity index (χ3n) is 27.5. The van der Waals surface area contributed by atoms with Gasteiger partial charge >= 0.3 is 0 Å². The standard InChI is InChI=1S/C116H80N2/c1-113(2)96-43-18-11-35-87(96)91-65-63-83(71-106(91)113)117(82-61-59-75(60-62-82)79-34-25-33-78(67-79)73-29-7-5-8-30-73)108-53-28-52-105-112(108)95-41-17-24-49-102(95)116(105)100-47-22-15-39-93(100)110-86(42-26-50-103(110)116)77-57-55-76(56-58-77)81-68-80(74-31-9-6-10-32-74)69-85(70-81)118(84-64-66-92-88-36-12-19-44-97(88)114(3,4)107(92)72-84)109-54-27-51-104-111(109)94-40-16-23-48-101(94)115(104)98-45-20-13-37-89(98)90-38-14-21-46-99(90)115/h5-72H,1-4H3. The van der Waals surface area contributed by atoms with Gasteiger partial charge in [0.2, 0.25) is 0 Å². The molecule has 0 N–H and O–H groups in total. The van der Waals surface area contributed by atoms with E-state index in [2.05, 4.69) is 450 Å². The van der Waals surface area contributed by atoms with E-state index in [0.717, 1.165) is 56.4 Å². The molecule has 2 spiro atoms. The Hall–Kier alpha value is -14.4. The summed E-state index contributed by atoms with van der Waals surface area (Å²) in [6.07, 6.45) is 0. The van der Waals surface area contributed by atoms with Gasteiger partial charge in [-0.25, -0.2) is 0 Å². The second-order valence-corrected chi connectivity index (χ2v) is 34.0. The molecule has 0 radical (unpaired) electrons. The summed E-state index contributed by atoms with van der Waals surface area (Å²) in [7, 11) is 0. The van der Waals surface area contributed by atoms with Gasteiger partial charge in [0.05, 0.1) is 22.2 Å². The lowest BCUT2D eigenvalue weighted by Gasteiger charge is -2.32. The normalized spacial score (nSPS) is 15.2. The zero-order valence-corrected chi connectivity index (χ0v) is 66.2. The molecule has 0 amide bonds. The van der Waals surface area contributed by atoms with Crippen molar-refractivity contribution in [1.82, 2.24) is 0 Å². The summed E-state index contributed by atoms with van der Waals surface area (Å²) >= 11 is 0. The highest BCUT2D eigenvalue weighted by molar-refractivity contribution is 6.06. The molecule has 0 aliphatic heterocycles. The number of anilines is 6. The average molecular weight is 1500 g/mol. The maximum atomic E-state index is 2.60. The number of rotatable bonds is 11. The van der Waals surface area contributed by atoms with E-state index in [9.17, 15) is 0 Å². The largest absolute Gasteiger partial charge is 0.310 e. The molecule has 18 aromatic carbocycles. The lowest BCUT2D eigenvalue weighted by molar-refractivity contribution is 0.660. The second kappa shape index (κ2) is 25.5. The molecule has 18 aromatic rings. The van der Waals surface area contributed by atoms with Crippen LogP contribution in [0.3, 0.4) is 0 Å². The van der Waals surface area contributed by atoms with E-state index in [1.165, 1.54) is 167 Å². The Balaban J connectivity index is 0.661. The molecule has 0 saturated heterocycles. The lowest BCUT2D eigenvalue weighted by Crippen LogP contribution is -2.26. The fourth-order valence-corrected chi connectivity index (χ4v) is 22.3. The minimum absolute atomic E-state index is 0.207. The van der Waals surface area contributed by atoms with Gasteiger partial charge in [0, 0.05) is 44.7 Å². The Morgan fingerprint density at radius 1 is 0.153 bits per heavy atom. The Labute approximate surface area is 690 Å². The monoisotopic (exact) mass is 1500 g/mol. The van der Waals surface area contributed by atoms with Crippen molar-refractivity contribution in [3.05, 3.63) is 479 Å². The first-order valence-corrected chi connectivity index (χ1v) is 41.6. The van der Waals surface area contributed by atoms with E-state index in [1.807, 2.05) is 0 Å². The zero-order chi connectivity index (χ0) is 78.3. The van der Waals surface area contributed by atoms with Gasteiger partial charge in [-0.1, -0.05) is 367 Å². The quantitative estimate of drug-likeness (QED) is 0.127. The van der Waals surface area contributed by atoms with Gasteiger partial charge < -0.3 is 9.80 Å². The van der Waals surface area contributed by atoms with Gasteiger partial charge in [-0.15, -0.1) is 0 Å². The summed E-state index contributed by atoms with van der Waals surface area (Å²) in [5, 5.41) is 0. The van der Waals surface area contributed by atoms with E-state index in [1.54, 1.807) is 0 Å². The van der Waals surface area contributed by atoms with Crippen molar-refractivity contribution in [2.75, 3.05) is 9.80 Å². The van der Waals surface area contributed by atoms with Crippen molar-refractivity contribution in [3.63, 3.8) is 0 Å². The van der Waals surface area contributed by atoms with Gasteiger partial charge in [0.1, 0.15) is 0 Å². The van der Waals surface area contributed by atoms with Crippen molar-refractivity contribution in [1.29, 1.82) is 0 Å². The summed E-state index contributed by atoms with van der Waals surface area (Å²) in [4.78, 5) is 5.15. The van der Waals surface area contributed by atoms with Gasteiger partial charge in [-0.05, 0) is 251 Å². The van der Waals surface area contributed by atoms with Crippen molar-refractivity contribution in [2.24, 2.45) is 0 Å². The number of hydrogen-bond acceptors (Lipinski definition) is 2. The third-order valence-corrected chi connectivity index (χ3v) is 27.5. The molecule has 0 bridgehead atoms. The Morgan fingerprint density at radius 2 is 0.432 bits per heavy atom. The molecule has 554 valence electrons. The van der Waals surface area contributed by atoms with Crippen LogP contribution in [0.15, 0.2) is 413 Å².